The van der Waals surface area contributed by atoms with E-state index in [4.69, 9.17) is 7.48 Å². The van der Waals surface area contributed by atoms with Gasteiger partial charge in [0.2, 0.25) is 0 Å². The van der Waals surface area contributed by atoms with Crippen molar-refractivity contribution in [2.24, 2.45) is 0 Å². The maximum absolute atomic E-state index is 9.61. The molecule has 0 radical (unpaired) electrons. The summed E-state index contributed by atoms with van der Waals surface area (Å²) in [6.45, 7) is -1.47. The van der Waals surface area contributed by atoms with Crippen LogP contribution in [0.5, 0.6) is 11.5 Å². The number of nitrogens with zero attached hydrogens (tertiary/aromatic N) is 5. The first kappa shape index (κ1) is 47.2. The first-order valence-corrected chi connectivity index (χ1v) is 33.7. The minimum Gasteiger partial charge on any atom is -0.453 e. The molecule has 456 valence electrons. The molecule has 0 spiro atoms. The molecule has 7 aliphatic rings. The summed E-state index contributed by atoms with van der Waals surface area (Å²) in [5.74, 6) is 1.39. The van der Waals surface area contributed by atoms with Gasteiger partial charge in [-0.25, -0.2) is 0 Å². The highest BCUT2D eigenvalue weighted by molar-refractivity contribution is 7.06. The molecule has 0 saturated carbocycles. The van der Waals surface area contributed by atoms with Crippen molar-refractivity contribution in [2.45, 2.75) is 0 Å². The van der Waals surface area contributed by atoms with Gasteiger partial charge in [0.15, 0.2) is 11.5 Å². The molecule has 0 aliphatic carbocycles. The van der Waals surface area contributed by atoms with Crippen LogP contribution in [0.25, 0.3) is 44.5 Å². The van der Waals surface area contributed by atoms with Crippen molar-refractivity contribution >= 4 is 155 Å². The zero-order chi connectivity index (χ0) is 71.5. The maximum atomic E-state index is 9.61. The lowest BCUT2D eigenvalue weighted by molar-refractivity contribution is 0.478. The summed E-state index contributed by atoms with van der Waals surface area (Å²) < 4.78 is 82.7. The van der Waals surface area contributed by atoms with E-state index in [9.17, 15) is 8.22 Å². The van der Waals surface area contributed by atoms with E-state index in [2.05, 4.69) is 213 Å². The lowest BCUT2D eigenvalue weighted by Crippen LogP contribution is -2.69. The summed E-state index contributed by atoms with van der Waals surface area (Å²) in [6.07, 6.45) is 0. The Labute approximate surface area is 587 Å². The molecule has 7 aliphatic heterocycles. The van der Waals surface area contributed by atoms with Gasteiger partial charge in [-0.1, -0.05) is 242 Å². The van der Waals surface area contributed by atoms with E-state index in [-0.39, 0.29) is 48.3 Å². The number of ether oxygens (including phenoxy) is 1. The number of benzene rings is 15. The molecule has 0 unspecified atom stereocenters. The van der Waals surface area contributed by atoms with Gasteiger partial charge in [0.05, 0.1) is 22.3 Å². The Hall–Kier alpha value is -12.7. The predicted molar refractivity (Wildman–Crippen MR) is 416 cm³/mol. The van der Waals surface area contributed by atoms with Crippen LogP contribution in [-0.4, -0.2) is 20.1 Å². The molecule has 22 rings (SSSR count). The molecular formula is C90H56B3N5O. The lowest BCUT2D eigenvalue weighted by Gasteiger charge is -2.53. The minimum absolute atomic E-state index is 0.162. The second-order valence-corrected chi connectivity index (χ2v) is 26.4. The zero-order valence-electron chi connectivity index (χ0n) is 61.1. The molecule has 15 aromatic carbocycles. The first-order chi connectivity index (χ1) is 52.3. The Morgan fingerprint density at radius 2 is 0.545 bits per heavy atom. The summed E-state index contributed by atoms with van der Waals surface area (Å²) >= 11 is 0. The van der Waals surface area contributed by atoms with Crippen molar-refractivity contribution in [3.8, 4) is 56.0 Å². The van der Waals surface area contributed by atoms with Gasteiger partial charge in [-0.15, -0.1) is 0 Å². The normalized spacial score (nSPS) is 14.9. The smallest absolute Gasteiger partial charge is 0.252 e. The second kappa shape index (κ2) is 20.9. The van der Waals surface area contributed by atoms with Gasteiger partial charge in [-0.2, -0.15) is 0 Å². The topological polar surface area (TPSA) is 25.4 Å². The summed E-state index contributed by atoms with van der Waals surface area (Å²) in [7, 11) is 0. The van der Waals surface area contributed by atoms with E-state index >= 15 is 0 Å². The molecule has 0 atom stereocenters. The van der Waals surface area contributed by atoms with Gasteiger partial charge in [-0.3, -0.25) is 0 Å². The number of hydrogen-bond donors (Lipinski definition) is 0. The Morgan fingerprint density at radius 1 is 0.212 bits per heavy atom. The molecule has 7 heterocycles. The Morgan fingerprint density at radius 3 is 0.960 bits per heavy atom. The van der Waals surface area contributed by atoms with Crippen LogP contribution < -0.4 is 78.4 Å². The summed E-state index contributed by atoms with van der Waals surface area (Å²) in [5.41, 5.74) is 29.2. The fraction of sp³-hybridized carbons (Fsp3) is 0. The van der Waals surface area contributed by atoms with Crippen molar-refractivity contribution in [3.63, 3.8) is 0 Å². The van der Waals surface area contributed by atoms with Crippen LogP contribution in [0.4, 0.5) is 85.3 Å². The van der Waals surface area contributed by atoms with Crippen molar-refractivity contribution in [1.82, 2.24) is 0 Å². The van der Waals surface area contributed by atoms with Gasteiger partial charge in [0.25, 0.3) is 20.1 Å². The van der Waals surface area contributed by atoms with Gasteiger partial charge in [0.1, 0.15) is 0 Å². The van der Waals surface area contributed by atoms with E-state index in [1.54, 1.807) is 24.3 Å². The Bertz CT molecular complexity index is 6350. The molecule has 0 bridgehead atoms. The number of para-hydroxylation sites is 4. The highest BCUT2D eigenvalue weighted by Crippen LogP contribution is 2.58. The maximum Gasteiger partial charge on any atom is 0.252 e. The van der Waals surface area contributed by atoms with Crippen molar-refractivity contribution in [2.75, 3.05) is 24.5 Å². The van der Waals surface area contributed by atoms with Crippen molar-refractivity contribution in [1.29, 1.82) is 0 Å². The average molecular weight is 1260 g/mol. The van der Waals surface area contributed by atoms with Crippen molar-refractivity contribution < 1.29 is 15.7 Å². The average Bonchev–Trinajstić information content (AvgIpc) is 0.658. The van der Waals surface area contributed by atoms with Crippen LogP contribution in [0.3, 0.4) is 0 Å². The third kappa shape index (κ3) is 7.81. The molecule has 0 amide bonds. The van der Waals surface area contributed by atoms with Crippen LogP contribution in [0.2, 0.25) is 0 Å². The SMILES string of the molecule is [2H]c1cc([2H])cc(N2c3ccc(-c4ccccc4)cc3B3c4cc5c(cc4N(c4cc([2H])cc([2H])c4)c4cccc2c43)N(c2cc([2H])cc([2H])c2)c2cc3c4c6c2B5c2cc(-c5ccccc5)cc5c2N6c2c(cc(-c6ccccc6)cc2B4c2cc(-c4ccccc4)ccc2N3c2cc([2H])cc([2H])c2)O5)c1. The number of fused-ring (bicyclic) bond motifs is 10. The van der Waals surface area contributed by atoms with E-state index in [1.807, 2.05) is 78.9 Å². The van der Waals surface area contributed by atoms with E-state index < -0.39 is 20.1 Å². The van der Waals surface area contributed by atoms with E-state index in [1.165, 1.54) is 0 Å². The molecule has 0 saturated heterocycles. The minimum atomic E-state index is -0.560. The van der Waals surface area contributed by atoms with Crippen LogP contribution in [0.15, 0.2) is 340 Å². The van der Waals surface area contributed by atoms with E-state index in [0.717, 1.165) is 156 Å². The third-order valence-electron chi connectivity index (χ3n) is 21.4. The largest absolute Gasteiger partial charge is 0.453 e. The third-order valence-corrected chi connectivity index (χ3v) is 21.4. The Kier molecular flexibility index (Phi) is 9.97. The first-order valence-electron chi connectivity index (χ1n) is 37.7. The number of anilines is 15. The summed E-state index contributed by atoms with van der Waals surface area (Å²) in [4.78, 5) is 11.4. The molecule has 15 aromatic rings. The highest BCUT2D eigenvalue weighted by atomic mass is 16.5. The molecular weight excluding hydrogens is 1200 g/mol. The molecule has 0 aromatic heterocycles. The summed E-state index contributed by atoms with van der Waals surface area (Å²) in [6, 6.07) is 100. The number of rotatable bonds is 8. The molecule has 6 nitrogen and oxygen atoms in total. The van der Waals surface area contributed by atoms with E-state index in [0.29, 0.717) is 34.2 Å². The van der Waals surface area contributed by atoms with Crippen LogP contribution in [0, 0.1) is 0 Å². The summed E-state index contributed by atoms with van der Waals surface area (Å²) in [5, 5.41) is 0. The molecule has 0 fully saturated rings. The monoisotopic (exact) mass is 1260 g/mol. The van der Waals surface area contributed by atoms with Gasteiger partial charge >= 0.3 is 0 Å². The van der Waals surface area contributed by atoms with Crippen molar-refractivity contribution in [3.05, 3.63) is 340 Å². The van der Waals surface area contributed by atoms with Crippen LogP contribution >= 0.6 is 0 Å². The second-order valence-electron chi connectivity index (χ2n) is 26.4. The fourth-order valence-corrected chi connectivity index (χ4v) is 17.5. The zero-order valence-corrected chi connectivity index (χ0v) is 53.1. The molecule has 99 heavy (non-hydrogen) atoms. The standard InChI is InChI=1S/C90H56B3N5O/c1-9-26-57(27-10-1)61-44-46-75-69(48-61)91-71-54-72-80(55-79(71)96(67-38-21-7-22-39-67)78-43-25-42-77(85(78)91)94(75)65-34-17-5-18-35-65)97(68-40-23-8-24-41-68)82-56-81-86-90-87(82)93(72)74-51-64(60-32-15-4-16-33-60)53-84-89(74)98(90)88-73(50-63(52-83(88)99-84)59-30-13-3-14-31-59)92(86)70-49-62(58-28-11-2-12-29-58)45-47-76(70)95(81)66-36-19-6-20-37-66/h1-56H/i17D,18D,19D,20D,21D,22D,23D,24D. The molecule has 0 N–H and O–H groups in total. The van der Waals surface area contributed by atoms with Gasteiger partial charge in [-0.05, 0) is 191 Å². The molecule has 9 heteroatoms. The van der Waals surface area contributed by atoms with Gasteiger partial charge < -0.3 is 29.2 Å². The Balaban J connectivity index is 0.909. The van der Waals surface area contributed by atoms with Crippen LogP contribution in [-0.2, 0) is 0 Å². The lowest BCUT2D eigenvalue weighted by atomic mass is 9.27. The number of hydrogen-bond acceptors (Lipinski definition) is 6. The predicted octanol–water partition coefficient (Wildman–Crippen LogP) is 17.2. The highest BCUT2D eigenvalue weighted by Gasteiger charge is 2.56. The van der Waals surface area contributed by atoms with Gasteiger partial charge in [0, 0.05) is 73.9 Å². The fourth-order valence-electron chi connectivity index (χ4n) is 17.5. The van der Waals surface area contributed by atoms with Crippen LogP contribution in [0.1, 0.15) is 11.0 Å². The quantitative estimate of drug-likeness (QED) is 0.141.